The zero-order valence-electron chi connectivity index (χ0n) is 19.4. The Morgan fingerprint density at radius 3 is 2.23 bits per heavy atom. The van der Waals surface area contributed by atoms with Gasteiger partial charge in [0.05, 0.1) is 19.9 Å². The number of nitrogens with zero attached hydrogens (tertiary/aromatic N) is 1. The van der Waals surface area contributed by atoms with Gasteiger partial charge >= 0.3 is 0 Å². The van der Waals surface area contributed by atoms with Crippen LogP contribution >= 0.6 is 11.3 Å². The lowest BCUT2D eigenvalue weighted by Crippen LogP contribution is -2.03. The van der Waals surface area contributed by atoms with E-state index in [9.17, 15) is 4.79 Å². The summed E-state index contributed by atoms with van der Waals surface area (Å²) in [5, 5.41) is 0.905. The van der Waals surface area contributed by atoms with Gasteiger partial charge in [-0.3, -0.25) is 9.78 Å². The first-order chi connectivity index (χ1) is 17.2. The summed E-state index contributed by atoms with van der Waals surface area (Å²) in [5.74, 6) is 2.17. The average Bonchev–Trinajstić information content (AvgIpc) is 3.31. The van der Waals surface area contributed by atoms with Crippen LogP contribution in [0.5, 0.6) is 17.2 Å². The van der Waals surface area contributed by atoms with Gasteiger partial charge in [0.25, 0.3) is 0 Å². The van der Waals surface area contributed by atoms with Crippen molar-refractivity contribution in [2.24, 2.45) is 0 Å². The van der Waals surface area contributed by atoms with Crippen molar-refractivity contribution in [3.63, 3.8) is 0 Å². The first-order valence-corrected chi connectivity index (χ1v) is 11.9. The fourth-order valence-corrected chi connectivity index (χ4v) is 5.10. The molecule has 2 heterocycles. The predicted octanol–water partition coefficient (Wildman–Crippen LogP) is 6.79. The van der Waals surface area contributed by atoms with E-state index < -0.39 is 0 Å². The lowest BCUT2D eigenvalue weighted by molar-refractivity contribution is 0.104. The van der Waals surface area contributed by atoms with Gasteiger partial charge in [-0.15, -0.1) is 11.3 Å². The number of methoxy groups -OCH3 is 2. The van der Waals surface area contributed by atoms with E-state index in [1.807, 2.05) is 72.8 Å². The molecule has 0 fully saturated rings. The highest BCUT2D eigenvalue weighted by Gasteiger charge is 2.22. The van der Waals surface area contributed by atoms with Gasteiger partial charge in [0.15, 0.2) is 5.78 Å². The molecule has 5 aromatic rings. The normalized spacial score (nSPS) is 10.8. The zero-order valence-corrected chi connectivity index (χ0v) is 20.2. The highest BCUT2D eigenvalue weighted by atomic mass is 32.1. The molecule has 0 atom stereocenters. The van der Waals surface area contributed by atoms with Crippen molar-refractivity contribution >= 4 is 27.2 Å². The van der Waals surface area contributed by atoms with Gasteiger partial charge in [-0.05, 0) is 84.4 Å². The molecule has 0 saturated heterocycles. The van der Waals surface area contributed by atoms with Crippen LogP contribution in [-0.2, 0) is 6.61 Å². The largest absolute Gasteiger partial charge is 0.497 e. The first kappa shape index (κ1) is 22.6. The molecule has 0 spiro atoms. The van der Waals surface area contributed by atoms with Gasteiger partial charge in [-0.1, -0.05) is 6.07 Å². The fraction of sp³-hybridized carbons (Fsp3) is 0.103. The van der Waals surface area contributed by atoms with Crippen molar-refractivity contribution in [1.82, 2.24) is 4.98 Å². The lowest BCUT2D eigenvalue weighted by Gasteiger charge is -2.08. The van der Waals surface area contributed by atoms with Crippen molar-refractivity contribution in [2.75, 3.05) is 14.2 Å². The highest BCUT2D eigenvalue weighted by Crippen LogP contribution is 2.41. The van der Waals surface area contributed by atoms with E-state index in [1.54, 1.807) is 43.9 Å². The van der Waals surface area contributed by atoms with Crippen molar-refractivity contribution in [1.29, 1.82) is 0 Å². The van der Waals surface area contributed by atoms with Gasteiger partial charge in [-0.2, -0.15) is 0 Å². The van der Waals surface area contributed by atoms with E-state index in [4.69, 9.17) is 14.2 Å². The van der Waals surface area contributed by atoms with Crippen molar-refractivity contribution in [2.45, 2.75) is 6.61 Å². The third-order valence-electron chi connectivity index (χ3n) is 5.71. The standard InChI is InChI=1S/C29H23NO4S/c1-32-22-10-8-20(9-11-22)29-27(25-15-14-24(33-2)17-26(25)35-29)28(31)19-6-12-23(13-7-19)34-18-21-5-3-4-16-30-21/h3-17H,18H2,1-2H3. The van der Waals surface area contributed by atoms with Crippen molar-refractivity contribution in [3.05, 3.63) is 108 Å². The molecular weight excluding hydrogens is 458 g/mol. The average molecular weight is 482 g/mol. The Labute approximate surface area is 207 Å². The number of benzene rings is 3. The summed E-state index contributed by atoms with van der Waals surface area (Å²) in [6.45, 7) is 0.368. The molecule has 0 radical (unpaired) electrons. The molecule has 6 heteroatoms. The second kappa shape index (κ2) is 9.99. The topological polar surface area (TPSA) is 57.7 Å². The Morgan fingerprint density at radius 1 is 0.829 bits per heavy atom. The molecule has 0 aliphatic heterocycles. The number of ether oxygens (including phenoxy) is 3. The maximum Gasteiger partial charge on any atom is 0.195 e. The van der Waals surface area contributed by atoms with Gasteiger partial charge in [0.1, 0.15) is 23.9 Å². The third kappa shape index (κ3) is 4.74. The molecule has 2 aromatic heterocycles. The molecular formula is C29H23NO4S. The maximum atomic E-state index is 13.8. The van der Waals surface area contributed by atoms with Crippen LogP contribution in [0.4, 0.5) is 0 Å². The van der Waals surface area contributed by atoms with Crippen LogP contribution in [0.1, 0.15) is 21.6 Å². The SMILES string of the molecule is COc1ccc(-c2sc3cc(OC)ccc3c2C(=O)c2ccc(OCc3ccccn3)cc2)cc1. The number of aromatic nitrogens is 1. The monoisotopic (exact) mass is 481 g/mol. The summed E-state index contributed by atoms with van der Waals surface area (Å²) in [7, 11) is 3.28. The number of fused-ring (bicyclic) bond motifs is 1. The Kier molecular flexibility index (Phi) is 6.46. The number of carbonyl (C=O) groups excluding carboxylic acids is 1. The number of hydrogen-bond acceptors (Lipinski definition) is 6. The Morgan fingerprint density at radius 2 is 1.54 bits per heavy atom. The molecule has 0 N–H and O–H groups in total. The van der Waals surface area contributed by atoms with Crippen molar-refractivity contribution in [3.8, 4) is 27.7 Å². The Bertz CT molecular complexity index is 1460. The predicted molar refractivity (Wildman–Crippen MR) is 139 cm³/mol. The summed E-state index contributed by atoms with van der Waals surface area (Å²) < 4.78 is 17.5. The molecule has 5 rings (SSSR count). The van der Waals surface area contributed by atoms with Crippen LogP contribution in [0, 0.1) is 0 Å². The van der Waals surface area contributed by atoms with E-state index in [0.717, 1.165) is 37.7 Å². The van der Waals surface area contributed by atoms with Crippen LogP contribution in [0.15, 0.2) is 91.1 Å². The van der Waals surface area contributed by atoms with Crippen molar-refractivity contribution < 1.29 is 19.0 Å². The van der Waals surface area contributed by atoms with Crippen LogP contribution < -0.4 is 14.2 Å². The number of ketones is 1. The number of hydrogen-bond donors (Lipinski definition) is 0. The Hall–Kier alpha value is -4.16. The zero-order chi connectivity index (χ0) is 24.2. The van der Waals surface area contributed by atoms with Crippen LogP contribution in [0.2, 0.25) is 0 Å². The minimum atomic E-state index is -0.0384. The number of rotatable bonds is 8. The Balaban J connectivity index is 1.49. The van der Waals surface area contributed by atoms with E-state index in [2.05, 4.69) is 4.98 Å². The van der Waals surface area contributed by atoms with E-state index in [1.165, 1.54) is 0 Å². The molecule has 0 aliphatic rings. The summed E-state index contributed by atoms with van der Waals surface area (Å²) in [4.78, 5) is 19.0. The van der Waals surface area contributed by atoms with Gasteiger partial charge < -0.3 is 14.2 Å². The molecule has 0 bridgehead atoms. The second-order valence-electron chi connectivity index (χ2n) is 7.86. The van der Waals surface area contributed by atoms with Crippen LogP contribution in [-0.4, -0.2) is 25.0 Å². The molecule has 0 saturated carbocycles. The molecule has 0 aliphatic carbocycles. The summed E-state index contributed by atoms with van der Waals surface area (Å²) in [5.41, 5.74) is 3.09. The molecule has 5 nitrogen and oxygen atoms in total. The van der Waals surface area contributed by atoms with E-state index in [0.29, 0.717) is 23.5 Å². The number of carbonyl (C=O) groups is 1. The minimum Gasteiger partial charge on any atom is -0.497 e. The first-order valence-electron chi connectivity index (χ1n) is 11.1. The van der Waals surface area contributed by atoms with Crippen LogP contribution in [0.25, 0.3) is 20.5 Å². The second-order valence-corrected chi connectivity index (χ2v) is 8.91. The smallest absolute Gasteiger partial charge is 0.195 e. The summed E-state index contributed by atoms with van der Waals surface area (Å²) >= 11 is 1.58. The molecule has 0 unspecified atom stereocenters. The van der Waals surface area contributed by atoms with Gasteiger partial charge in [0, 0.05) is 32.3 Å². The summed E-state index contributed by atoms with van der Waals surface area (Å²) in [6, 6.07) is 26.5. The minimum absolute atomic E-state index is 0.0384. The number of thiophene rings is 1. The van der Waals surface area contributed by atoms with Gasteiger partial charge in [0.2, 0.25) is 0 Å². The third-order valence-corrected chi connectivity index (χ3v) is 6.91. The fourth-order valence-electron chi connectivity index (χ4n) is 3.86. The van der Waals surface area contributed by atoms with Gasteiger partial charge in [-0.25, -0.2) is 0 Å². The molecule has 3 aromatic carbocycles. The molecule has 35 heavy (non-hydrogen) atoms. The maximum absolute atomic E-state index is 13.8. The summed E-state index contributed by atoms with van der Waals surface area (Å²) in [6.07, 6.45) is 1.74. The van der Waals surface area contributed by atoms with E-state index >= 15 is 0 Å². The van der Waals surface area contributed by atoms with E-state index in [-0.39, 0.29) is 5.78 Å². The lowest BCUT2D eigenvalue weighted by atomic mass is 9.97. The quantitative estimate of drug-likeness (QED) is 0.228. The highest BCUT2D eigenvalue weighted by molar-refractivity contribution is 7.22. The molecule has 0 amide bonds. The van der Waals surface area contributed by atoms with Crippen LogP contribution in [0.3, 0.4) is 0 Å². The molecule has 174 valence electrons. The number of pyridine rings is 1.